The van der Waals surface area contributed by atoms with E-state index in [0.29, 0.717) is 11.1 Å². The first-order valence-electron chi connectivity index (χ1n) is 6.88. The van der Waals surface area contributed by atoms with Crippen LogP contribution in [0.5, 0.6) is 0 Å². The average Bonchev–Trinajstić information content (AvgIpc) is 2.89. The standard InChI is InChI=1S/C11H9NO4S.2C2H7N/c13-9(14)5-6(11(15)17)10-12-7-3-1-2-4-8(7)16-10;2*1-3-2/h1-4,6H,5H2,(H,13,14)(H,15,17);2*3H,1-2H3. The predicted molar refractivity (Wildman–Crippen MR) is 93.0 cm³/mol. The Labute approximate surface area is 140 Å². The zero-order chi connectivity index (χ0) is 17.8. The molecule has 0 amide bonds. The maximum Gasteiger partial charge on any atom is 0.304 e. The predicted octanol–water partition coefficient (Wildman–Crippen LogP) is 1.51. The van der Waals surface area contributed by atoms with E-state index in [2.05, 4.69) is 28.2 Å². The van der Waals surface area contributed by atoms with Crippen LogP contribution < -0.4 is 10.6 Å². The summed E-state index contributed by atoms with van der Waals surface area (Å²) in [5.41, 5.74) is 1.11. The number of thiol groups is 1. The van der Waals surface area contributed by atoms with Crippen LogP contribution in [-0.4, -0.2) is 49.4 Å². The third-order valence-electron chi connectivity index (χ3n) is 2.29. The molecule has 0 aliphatic heterocycles. The zero-order valence-corrected chi connectivity index (χ0v) is 14.6. The lowest BCUT2D eigenvalue weighted by Gasteiger charge is -2.04. The van der Waals surface area contributed by atoms with Crippen LogP contribution in [0.1, 0.15) is 18.2 Å². The zero-order valence-electron chi connectivity index (χ0n) is 13.7. The van der Waals surface area contributed by atoms with Gasteiger partial charge in [-0.05, 0) is 40.3 Å². The summed E-state index contributed by atoms with van der Waals surface area (Å²) in [5, 5.41) is 13.6. The van der Waals surface area contributed by atoms with Crippen LogP contribution in [0.3, 0.4) is 0 Å². The first-order chi connectivity index (χ1) is 10.9. The van der Waals surface area contributed by atoms with E-state index >= 15 is 0 Å². The number of oxazole rings is 1. The molecule has 1 heterocycles. The highest BCUT2D eigenvalue weighted by atomic mass is 32.1. The van der Waals surface area contributed by atoms with E-state index in [-0.39, 0.29) is 12.3 Å². The number of carbonyl (C=O) groups is 2. The minimum absolute atomic E-state index is 0.0913. The number of carboxylic acid groups (broad SMARTS) is 1. The van der Waals surface area contributed by atoms with Gasteiger partial charge in [0.2, 0.25) is 5.89 Å². The van der Waals surface area contributed by atoms with E-state index in [1.807, 2.05) is 28.2 Å². The fraction of sp³-hybridized carbons (Fsp3) is 0.400. The van der Waals surface area contributed by atoms with Gasteiger partial charge in [0.15, 0.2) is 10.7 Å². The second-order valence-corrected chi connectivity index (χ2v) is 4.95. The third kappa shape index (κ3) is 7.78. The number of para-hydroxylation sites is 2. The number of carbonyl (C=O) groups excluding carboxylic acids is 1. The molecule has 1 atom stereocenters. The molecule has 0 bridgehead atoms. The Morgan fingerprint density at radius 3 is 2.17 bits per heavy atom. The summed E-state index contributed by atoms with van der Waals surface area (Å²) in [6, 6.07) is 6.98. The van der Waals surface area contributed by atoms with Gasteiger partial charge in [-0.15, -0.1) is 12.6 Å². The molecular formula is C15H23N3O4S. The van der Waals surface area contributed by atoms with Crippen molar-refractivity contribution in [2.45, 2.75) is 12.3 Å². The molecule has 0 saturated heterocycles. The van der Waals surface area contributed by atoms with Crippen molar-refractivity contribution in [3.8, 4) is 0 Å². The number of fused-ring (bicyclic) bond motifs is 1. The molecule has 0 spiro atoms. The number of nitrogens with zero attached hydrogens (tertiary/aromatic N) is 1. The van der Waals surface area contributed by atoms with Crippen molar-refractivity contribution in [1.82, 2.24) is 15.6 Å². The molecule has 8 heteroatoms. The SMILES string of the molecule is CNC.CNC.O=C(O)CC(C(=O)S)c1nc2ccccc2o1. The maximum absolute atomic E-state index is 11.3. The monoisotopic (exact) mass is 341 g/mol. The number of benzene rings is 1. The van der Waals surface area contributed by atoms with Crippen LogP contribution in [0.25, 0.3) is 11.1 Å². The van der Waals surface area contributed by atoms with Crippen molar-refractivity contribution >= 4 is 34.8 Å². The third-order valence-corrected chi connectivity index (χ3v) is 2.60. The molecule has 1 aromatic carbocycles. The Balaban J connectivity index is 0.000000704. The van der Waals surface area contributed by atoms with E-state index in [9.17, 15) is 9.59 Å². The summed E-state index contributed by atoms with van der Waals surface area (Å²) in [6.07, 6.45) is -0.380. The van der Waals surface area contributed by atoms with E-state index in [0.717, 1.165) is 0 Å². The van der Waals surface area contributed by atoms with E-state index in [1.165, 1.54) is 0 Å². The molecule has 0 fully saturated rings. The molecule has 2 rings (SSSR count). The Hall–Kier alpha value is -1.90. The van der Waals surface area contributed by atoms with Gasteiger partial charge < -0.3 is 20.2 Å². The molecule has 128 valence electrons. The molecule has 0 saturated carbocycles. The van der Waals surface area contributed by atoms with Crippen molar-refractivity contribution in [2.75, 3.05) is 28.2 Å². The van der Waals surface area contributed by atoms with Crippen LogP contribution in [-0.2, 0) is 9.59 Å². The minimum atomic E-state index is -1.10. The number of hydrogen-bond donors (Lipinski definition) is 4. The highest BCUT2D eigenvalue weighted by Gasteiger charge is 2.26. The normalized spacial score (nSPS) is 10.8. The molecular weight excluding hydrogens is 318 g/mol. The Kier molecular flexibility index (Phi) is 10.7. The van der Waals surface area contributed by atoms with Crippen LogP contribution >= 0.6 is 12.6 Å². The van der Waals surface area contributed by atoms with Gasteiger partial charge in [-0.2, -0.15) is 0 Å². The highest BCUT2D eigenvalue weighted by molar-refractivity contribution is 7.96. The number of nitrogens with one attached hydrogen (secondary N) is 2. The topological polar surface area (TPSA) is 104 Å². The van der Waals surface area contributed by atoms with Crippen molar-refractivity contribution < 1.29 is 19.1 Å². The second kappa shape index (κ2) is 11.6. The molecule has 23 heavy (non-hydrogen) atoms. The van der Waals surface area contributed by atoms with Gasteiger partial charge in [0.05, 0.1) is 6.42 Å². The van der Waals surface area contributed by atoms with Gasteiger partial charge in [-0.3, -0.25) is 9.59 Å². The number of hydrogen-bond acceptors (Lipinski definition) is 6. The van der Waals surface area contributed by atoms with Gasteiger partial charge in [-0.25, -0.2) is 4.98 Å². The van der Waals surface area contributed by atoms with Crippen LogP contribution in [0.4, 0.5) is 0 Å². The summed E-state index contributed by atoms with van der Waals surface area (Å²) >= 11 is 3.66. The molecule has 0 radical (unpaired) electrons. The summed E-state index contributed by atoms with van der Waals surface area (Å²) in [7, 11) is 7.50. The van der Waals surface area contributed by atoms with Crippen molar-refractivity contribution in [1.29, 1.82) is 0 Å². The lowest BCUT2D eigenvalue weighted by Crippen LogP contribution is -2.12. The summed E-state index contributed by atoms with van der Waals surface area (Å²) in [6.45, 7) is 0. The largest absolute Gasteiger partial charge is 0.481 e. The van der Waals surface area contributed by atoms with Gasteiger partial charge in [0, 0.05) is 0 Å². The minimum Gasteiger partial charge on any atom is -0.481 e. The first-order valence-corrected chi connectivity index (χ1v) is 7.32. The number of carboxylic acids is 1. The summed E-state index contributed by atoms with van der Waals surface area (Å²) in [5.74, 6) is -1.96. The quantitative estimate of drug-likeness (QED) is 0.625. The van der Waals surface area contributed by atoms with Gasteiger partial charge in [-0.1, -0.05) is 12.1 Å². The first kappa shape index (κ1) is 21.1. The molecule has 1 unspecified atom stereocenters. The van der Waals surface area contributed by atoms with Crippen LogP contribution in [0.15, 0.2) is 28.7 Å². The lowest BCUT2D eigenvalue weighted by atomic mass is 10.1. The highest BCUT2D eigenvalue weighted by Crippen LogP contribution is 2.25. The Morgan fingerprint density at radius 2 is 1.74 bits per heavy atom. The van der Waals surface area contributed by atoms with Gasteiger partial charge in [0.1, 0.15) is 11.4 Å². The molecule has 2 aromatic rings. The Morgan fingerprint density at radius 1 is 1.22 bits per heavy atom. The van der Waals surface area contributed by atoms with Crippen LogP contribution in [0.2, 0.25) is 0 Å². The van der Waals surface area contributed by atoms with Gasteiger partial charge >= 0.3 is 5.97 Å². The number of aliphatic carboxylic acids is 1. The molecule has 0 aliphatic rings. The number of rotatable bonds is 4. The molecule has 3 N–H and O–H groups in total. The summed E-state index contributed by atoms with van der Waals surface area (Å²) < 4.78 is 5.35. The van der Waals surface area contributed by atoms with E-state index < -0.39 is 17.0 Å². The van der Waals surface area contributed by atoms with Crippen molar-refractivity contribution in [3.63, 3.8) is 0 Å². The second-order valence-electron chi connectivity index (χ2n) is 4.51. The fourth-order valence-electron chi connectivity index (χ4n) is 1.49. The maximum atomic E-state index is 11.3. The van der Waals surface area contributed by atoms with Crippen LogP contribution in [0, 0.1) is 0 Å². The molecule has 1 aromatic heterocycles. The smallest absolute Gasteiger partial charge is 0.304 e. The lowest BCUT2D eigenvalue weighted by molar-refractivity contribution is -0.138. The number of aromatic nitrogens is 1. The molecule has 7 nitrogen and oxygen atoms in total. The van der Waals surface area contributed by atoms with Crippen molar-refractivity contribution in [2.24, 2.45) is 0 Å². The average molecular weight is 341 g/mol. The van der Waals surface area contributed by atoms with E-state index in [1.54, 1.807) is 24.3 Å². The fourth-order valence-corrected chi connectivity index (χ4v) is 1.70. The summed E-state index contributed by atoms with van der Waals surface area (Å²) in [4.78, 5) is 26.0. The van der Waals surface area contributed by atoms with Gasteiger partial charge in [0.25, 0.3) is 0 Å². The molecule has 0 aliphatic carbocycles. The van der Waals surface area contributed by atoms with E-state index in [4.69, 9.17) is 9.52 Å². The Bertz CT molecular complexity index is 581. The van der Waals surface area contributed by atoms with Crippen molar-refractivity contribution in [3.05, 3.63) is 30.2 Å².